The number of hydrogen-bond donors (Lipinski definition) is 2. The van der Waals surface area contributed by atoms with E-state index in [0.717, 1.165) is 53.8 Å². The van der Waals surface area contributed by atoms with Gasteiger partial charge in [0.15, 0.2) is 0 Å². The fourth-order valence-electron chi connectivity index (χ4n) is 4.87. The Morgan fingerprint density at radius 1 is 0.679 bits per heavy atom. The maximum Gasteiger partial charge on any atom is 0.115 e. The minimum absolute atomic E-state index is 0.959. The molecule has 2 aliphatic rings. The highest BCUT2D eigenvalue weighted by atomic mass is 15.1. The number of aromatic nitrogens is 5. The minimum atomic E-state index is 0.959. The van der Waals surface area contributed by atoms with Crippen molar-refractivity contribution in [2.24, 2.45) is 0 Å². The average Bonchev–Trinajstić information content (AvgIpc) is 3.37. The second-order valence-electron chi connectivity index (χ2n) is 8.05. The number of nitrogens with one attached hydrogen (secondary N) is 2. The molecule has 5 heteroatoms. The Kier molecular flexibility index (Phi) is 3.61. The predicted molar refractivity (Wildman–Crippen MR) is 110 cm³/mol. The van der Waals surface area contributed by atoms with Gasteiger partial charge in [0, 0.05) is 27.9 Å². The van der Waals surface area contributed by atoms with E-state index in [9.17, 15) is 0 Å². The number of pyridine rings is 1. The van der Waals surface area contributed by atoms with Crippen LogP contribution in [0.4, 0.5) is 0 Å². The highest BCUT2D eigenvalue weighted by Gasteiger charge is 2.23. The average molecular weight is 369 g/mol. The van der Waals surface area contributed by atoms with E-state index in [1.807, 2.05) is 0 Å². The Labute approximate surface area is 163 Å². The Morgan fingerprint density at radius 2 is 1.32 bits per heavy atom. The fraction of sp³-hybridized carbons (Fsp3) is 0.348. The molecule has 5 nitrogen and oxygen atoms in total. The van der Waals surface area contributed by atoms with Crippen LogP contribution in [0.25, 0.3) is 33.5 Å². The van der Waals surface area contributed by atoms with Crippen molar-refractivity contribution in [3.8, 4) is 22.8 Å². The van der Waals surface area contributed by atoms with E-state index < -0.39 is 0 Å². The van der Waals surface area contributed by atoms with Crippen molar-refractivity contribution >= 4 is 10.8 Å². The van der Waals surface area contributed by atoms with Crippen LogP contribution in [0.2, 0.25) is 0 Å². The van der Waals surface area contributed by atoms with E-state index in [1.54, 1.807) is 0 Å². The zero-order valence-electron chi connectivity index (χ0n) is 15.9. The molecule has 0 aliphatic heterocycles. The Morgan fingerprint density at radius 3 is 2.11 bits per heavy atom. The summed E-state index contributed by atoms with van der Waals surface area (Å²) in [7, 11) is 0. The number of nitrogens with zero attached hydrogens (tertiary/aromatic N) is 3. The number of H-pyrrole nitrogens is 2. The van der Waals surface area contributed by atoms with Crippen molar-refractivity contribution in [1.29, 1.82) is 0 Å². The lowest BCUT2D eigenvalue weighted by Crippen LogP contribution is -2.03. The van der Waals surface area contributed by atoms with E-state index >= 15 is 0 Å². The van der Waals surface area contributed by atoms with Gasteiger partial charge in [-0.1, -0.05) is 24.3 Å². The van der Waals surface area contributed by atoms with Gasteiger partial charge in [-0.15, -0.1) is 0 Å². The van der Waals surface area contributed by atoms with Crippen LogP contribution in [0.15, 0.2) is 30.3 Å². The van der Waals surface area contributed by atoms with Crippen molar-refractivity contribution in [1.82, 2.24) is 25.4 Å². The van der Waals surface area contributed by atoms with Gasteiger partial charge in [0.05, 0.1) is 11.4 Å². The molecule has 0 spiro atoms. The summed E-state index contributed by atoms with van der Waals surface area (Å²) in [5.74, 6) is 0. The summed E-state index contributed by atoms with van der Waals surface area (Å²) in [5.41, 5.74) is 9.27. The summed E-state index contributed by atoms with van der Waals surface area (Å²) in [4.78, 5) is 5.14. The first-order valence-corrected chi connectivity index (χ1v) is 10.4. The molecule has 6 rings (SSSR count). The monoisotopic (exact) mass is 369 g/mol. The summed E-state index contributed by atoms with van der Waals surface area (Å²) in [6, 6.07) is 10.7. The topological polar surface area (TPSA) is 70.2 Å². The Bertz CT molecular complexity index is 1180. The number of fused-ring (bicyclic) bond motifs is 3. The molecule has 0 bridgehead atoms. The number of hydrogen-bond acceptors (Lipinski definition) is 3. The Balaban J connectivity index is 1.59. The fourth-order valence-corrected chi connectivity index (χ4v) is 4.87. The van der Waals surface area contributed by atoms with E-state index in [-0.39, 0.29) is 0 Å². The lowest BCUT2D eigenvalue weighted by molar-refractivity contribution is 0.675. The molecule has 1 aromatic carbocycles. The smallest absolute Gasteiger partial charge is 0.115 e. The van der Waals surface area contributed by atoms with Gasteiger partial charge in [-0.05, 0) is 62.8 Å². The first-order chi connectivity index (χ1) is 13.9. The highest BCUT2D eigenvalue weighted by molar-refractivity contribution is 5.96. The zero-order valence-corrected chi connectivity index (χ0v) is 15.9. The summed E-state index contributed by atoms with van der Waals surface area (Å²) in [6.45, 7) is 0. The van der Waals surface area contributed by atoms with Crippen molar-refractivity contribution in [3.63, 3.8) is 0 Å². The van der Waals surface area contributed by atoms with E-state index in [0.29, 0.717) is 0 Å². The van der Waals surface area contributed by atoms with Gasteiger partial charge in [-0.2, -0.15) is 10.2 Å². The van der Waals surface area contributed by atoms with Crippen LogP contribution < -0.4 is 0 Å². The number of rotatable bonds is 2. The van der Waals surface area contributed by atoms with Crippen molar-refractivity contribution in [2.45, 2.75) is 51.4 Å². The van der Waals surface area contributed by atoms with Crippen LogP contribution in [0.3, 0.4) is 0 Å². The van der Waals surface area contributed by atoms with Crippen LogP contribution in [0.1, 0.15) is 48.2 Å². The molecule has 0 fully saturated rings. The van der Waals surface area contributed by atoms with Gasteiger partial charge >= 0.3 is 0 Å². The van der Waals surface area contributed by atoms with Crippen LogP contribution in [0, 0.1) is 0 Å². The molecular formula is C23H23N5. The number of aryl methyl sites for hydroxylation is 2. The molecule has 3 heterocycles. The lowest BCUT2D eigenvalue weighted by Gasteiger charge is -2.14. The van der Waals surface area contributed by atoms with Gasteiger partial charge in [0.25, 0.3) is 0 Å². The van der Waals surface area contributed by atoms with Gasteiger partial charge in [0.2, 0.25) is 0 Å². The molecule has 2 aliphatic carbocycles. The molecule has 2 N–H and O–H groups in total. The molecule has 140 valence electrons. The van der Waals surface area contributed by atoms with E-state index in [1.165, 1.54) is 53.6 Å². The predicted octanol–water partition coefficient (Wildman–Crippen LogP) is 4.77. The minimum Gasteiger partial charge on any atom is -0.282 e. The standard InChI is InChI=1S/C23H23N5/c1-2-8-15-14(7-1)13-20(21-16-9-3-5-11-18(16)25-27-21)24-22(15)23-17-10-4-6-12-19(17)26-28-23/h1-2,7-8,13H,3-6,9-12H2,(H,25,27)(H,26,28). The van der Waals surface area contributed by atoms with E-state index in [4.69, 9.17) is 10.1 Å². The second-order valence-corrected chi connectivity index (χ2v) is 8.05. The molecular weight excluding hydrogens is 346 g/mol. The third kappa shape index (κ3) is 2.42. The van der Waals surface area contributed by atoms with Crippen LogP contribution in [-0.4, -0.2) is 25.4 Å². The molecule has 0 amide bonds. The zero-order chi connectivity index (χ0) is 18.5. The molecule has 0 saturated heterocycles. The maximum atomic E-state index is 5.14. The second kappa shape index (κ2) is 6.30. The summed E-state index contributed by atoms with van der Waals surface area (Å²) in [6.07, 6.45) is 9.29. The molecule has 0 atom stereocenters. The summed E-state index contributed by atoms with van der Waals surface area (Å²) >= 11 is 0. The SMILES string of the molecule is c1ccc2c(-c3n[nH]c4c3CCCC4)nc(-c3n[nH]c4c3CCCC4)cc2c1. The van der Waals surface area contributed by atoms with Crippen LogP contribution >= 0.6 is 0 Å². The first kappa shape index (κ1) is 16.0. The van der Waals surface area contributed by atoms with E-state index in [2.05, 4.69) is 45.6 Å². The quantitative estimate of drug-likeness (QED) is 0.534. The van der Waals surface area contributed by atoms with Gasteiger partial charge in [0.1, 0.15) is 11.4 Å². The van der Waals surface area contributed by atoms with Gasteiger partial charge in [-0.3, -0.25) is 10.2 Å². The molecule has 4 aromatic rings. The molecule has 3 aromatic heterocycles. The third-order valence-corrected chi connectivity index (χ3v) is 6.32. The van der Waals surface area contributed by atoms with Crippen molar-refractivity contribution < 1.29 is 0 Å². The Hall–Kier alpha value is -2.95. The van der Waals surface area contributed by atoms with Crippen LogP contribution in [0.5, 0.6) is 0 Å². The van der Waals surface area contributed by atoms with Crippen LogP contribution in [-0.2, 0) is 25.7 Å². The third-order valence-electron chi connectivity index (χ3n) is 6.32. The highest BCUT2D eigenvalue weighted by Crippen LogP contribution is 2.36. The number of benzene rings is 1. The van der Waals surface area contributed by atoms with Gasteiger partial charge in [-0.25, -0.2) is 4.98 Å². The van der Waals surface area contributed by atoms with Crippen molar-refractivity contribution in [2.75, 3.05) is 0 Å². The molecule has 0 radical (unpaired) electrons. The molecule has 0 unspecified atom stereocenters. The largest absolute Gasteiger partial charge is 0.282 e. The van der Waals surface area contributed by atoms with Gasteiger partial charge < -0.3 is 0 Å². The first-order valence-electron chi connectivity index (χ1n) is 10.4. The number of aromatic amines is 2. The lowest BCUT2D eigenvalue weighted by atomic mass is 9.92. The summed E-state index contributed by atoms with van der Waals surface area (Å²) < 4.78 is 0. The van der Waals surface area contributed by atoms with Crippen molar-refractivity contribution in [3.05, 3.63) is 52.8 Å². The normalized spacial score (nSPS) is 16.1. The molecule has 28 heavy (non-hydrogen) atoms. The molecule has 0 saturated carbocycles. The maximum absolute atomic E-state index is 5.14. The summed E-state index contributed by atoms with van der Waals surface area (Å²) in [5, 5.41) is 18.3.